The maximum Gasteiger partial charge on any atom is 0.254 e. The molecule has 2 aromatic heterocycles. The molecule has 0 radical (unpaired) electrons. The molecule has 3 aromatic rings. The third-order valence-corrected chi connectivity index (χ3v) is 5.07. The van der Waals surface area contributed by atoms with Crippen molar-refractivity contribution >= 4 is 17.5 Å². The Balaban J connectivity index is 1.50. The lowest BCUT2D eigenvalue weighted by atomic mass is 9.91. The van der Waals surface area contributed by atoms with Crippen LogP contribution in [-0.2, 0) is 10.3 Å². The summed E-state index contributed by atoms with van der Waals surface area (Å²) in [6.45, 7) is 6.34. The zero-order valence-electron chi connectivity index (χ0n) is 15.5. The van der Waals surface area contributed by atoms with Crippen molar-refractivity contribution in [3.63, 3.8) is 0 Å². The summed E-state index contributed by atoms with van der Waals surface area (Å²) in [5.74, 6) is 1.48. The van der Waals surface area contributed by atoms with E-state index in [9.17, 15) is 4.79 Å². The summed E-state index contributed by atoms with van der Waals surface area (Å²) in [6.07, 6.45) is 1.50. The normalized spacial score (nSPS) is 17.1. The minimum atomic E-state index is -1.03. The van der Waals surface area contributed by atoms with Crippen molar-refractivity contribution in [3.8, 4) is 0 Å². The number of aromatic nitrogens is 4. The topological polar surface area (TPSA) is 92.7 Å². The second-order valence-electron chi connectivity index (χ2n) is 7.08. The molecule has 3 heterocycles. The van der Waals surface area contributed by atoms with Crippen molar-refractivity contribution in [1.82, 2.24) is 24.5 Å². The molecule has 8 nitrogen and oxygen atoms in total. The van der Waals surface area contributed by atoms with E-state index in [4.69, 9.17) is 5.73 Å². The second-order valence-corrected chi connectivity index (χ2v) is 7.08. The first-order valence-corrected chi connectivity index (χ1v) is 9.03. The number of carbonyl (C=O) groups excluding carboxylic acids is 1. The molecule has 1 aliphatic heterocycles. The van der Waals surface area contributed by atoms with E-state index >= 15 is 0 Å². The number of hydrogen-bond donors (Lipinski definition) is 1. The molecule has 0 saturated carbocycles. The molecule has 1 aromatic carbocycles. The van der Waals surface area contributed by atoms with Crippen LogP contribution in [0.2, 0.25) is 0 Å². The van der Waals surface area contributed by atoms with Crippen LogP contribution in [0.4, 0.5) is 5.82 Å². The molecule has 4 rings (SSSR count). The second kappa shape index (κ2) is 6.62. The van der Waals surface area contributed by atoms with Gasteiger partial charge in [0, 0.05) is 37.9 Å². The Bertz CT molecular complexity index is 959. The predicted octanol–water partition coefficient (Wildman–Crippen LogP) is 0.955. The summed E-state index contributed by atoms with van der Waals surface area (Å²) in [6, 6.07) is 11.5. The highest BCUT2D eigenvalue weighted by molar-refractivity contribution is 5.87. The van der Waals surface area contributed by atoms with E-state index in [1.807, 2.05) is 48.2 Å². The Morgan fingerprint density at radius 2 is 1.85 bits per heavy atom. The number of hydrogen-bond acceptors (Lipinski definition) is 6. The van der Waals surface area contributed by atoms with Gasteiger partial charge >= 0.3 is 0 Å². The molecule has 1 unspecified atom stereocenters. The molecule has 0 spiro atoms. The summed E-state index contributed by atoms with van der Waals surface area (Å²) in [7, 11) is 0. The molecule has 140 valence electrons. The highest BCUT2D eigenvalue weighted by atomic mass is 16.2. The average molecular weight is 365 g/mol. The van der Waals surface area contributed by atoms with Gasteiger partial charge in [0.2, 0.25) is 5.91 Å². The Morgan fingerprint density at radius 3 is 2.56 bits per heavy atom. The minimum Gasteiger partial charge on any atom is -0.353 e. The fourth-order valence-electron chi connectivity index (χ4n) is 3.51. The molecule has 0 aliphatic carbocycles. The summed E-state index contributed by atoms with van der Waals surface area (Å²) >= 11 is 0. The predicted molar refractivity (Wildman–Crippen MR) is 102 cm³/mol. The molecular weight excluding hydrogens is 342 g/mol. The van der Waals surface area contributed by atoms with Gasteiger partial charge in [-0.3, -0.25) is 4.79 Å². The zero-order chi connectivity index (χ0) is 19.0. The fraction of sp³-hybridized carbons (Fsp3) is 0.368. The third-order valence-electron chi connectivity index (χ3n) is 5.07. The van der Waals surface area contributed by atoms with Crippen LogP contribution in [0.1, 0.15) is 18.2 Å². The summed E-state index contributed by atoms with van der Waals surface area (Å²) < 4.78 is 1.74. The molecule has 0 bridgehead atoms. The van der Waals surface area contributed by atoms with Gasteiger partial charge in [-0.2, -0.15) is 14.6 Å². The smallest absolute Gasteiger partial charge is 0.254 e. The minimum absolute atomic E-state index is 0.0508. The van der Waals surface area contributed by atoms with Gasteiger partial charge in [0.25, 0.3) is 5.78 Å². The van der Waals surface area contributed by atoms with Gasteiger partial charge in [-0.15, -0.1) is 0 Å². The number of anilines is 1. The van der Waals surface area contributed by atoms with Crippen LogP contribution in [0, 0.1) is 6.92 Å². The summed E-state index contributed by atoms with van der Waals surface area (Å²) in [4.78, 5) is 25.6. The lowest BCUT2D eigenvalue weighted by Crippen LogP contribution is -2.57. The third kappa shape index (κ3) is 3.12. The summed E-state index contributed by atoms with van der Waals surface area (Å²) in [5, 5.41) is 4.27. The standard InChI is InChI=1S/C19H23N7O/c1-14-12-16(26-18(23-14)21-13-22-26)24-8-10-25(11-9-24)17(27)19(2,20)15-6-4-3-5-7-15/h3-7,12-13H,8-11,20H2,1-2H3. The molecule has 1 saturated heterocycles. The van der Waals surface area contributed by atoms with Gasteiger partial charge in [-0.1, -0.05) is 30.3 Å². The van der Waals surface area contributed by atoms with Gasteiger partial charge in [0.1, 0.15) is 17.7 Å². The molecule has 8 heteroatoms. The number of aryl methyl sites for hydroxylation is 1. The van der Waals surface area contributed by atoms with Crippen LogP contribution in [0.5, 0.6) is 0 Å². The largest absolute Gasteiger partial charge is 0.353 e. The first kappa shape index (κ1) is 17.4. The zero-order valence-corrected chi connectivity index (χ0v) is 15.5. The van der Waals surface area contributed by atoms with Crippen molar-refractivity contribution in [3.05, 3.63) is 54.0 Å². The lowest BCUT2D eigenvalue weighted by molar-refractivity contribution is -0.137. The highest BCUT2D eigenvalue weighted by Crippen LogP contribution is 2.23. The Labute approximate surface area is 157 Å². The average Bonchev–Trinajstić information content (AvgIpc) is 3.16. The Kier molecular flexibility index (Phi) is 4.27. The fourth-order valence-corrected chi connectivity index (χ4v) is 3.51. The van der Waals surface area contributed by atoms with Crippen molar-refractivity contribution in [2.24, 2.45) is 5.73 Å². The van der Waals surface area contributed by atoms with Crippen LogP contribution >= 0.6 is 0 Å². The highest BCUT2D eigenvalue weighted by Gasteiger charge is 2.36. The van der Waals surface area contributed by atoms with Crippen molar-refractivity contribution < 1.29 is 4.79 Å². The van der Waals surface area contributed by atoms with Gasteiger partial charge in [-0.25, -0.2) is 4.98 Å². The number of benzene rings is 1. The van der Waals surface area contributed by atoms with Crippen molar-refractivity contribution in [2.45, 2.75) is 19.4 Å². The van der Waals surface area contributed by atoms with Crippen LogP contribution in [0.15, 0.2) is 42.7 Å². The van der Waals surface area contributed by atoms with E-state index in [1.165, 1.54) is 6.33 Å². The van der Waals surface area contributed by atoms with Gasteiger partial charge in [0.15, 0.2) is 0 Å². The molecule has 27 heavy (non-hydrogen) atoms. The van der Waals surface area contributed by atoms with Crippen molar-refractivity contribution in [2.75, 3.05) is 31.1 Å². The van der Waals surface area contributed by atoms with Gasteiger partial charge in [-0.05, 0) is 19.4 Å². The summed E-state index contributed by atoms with van der Waals surface area (Å²) in [5.41, 5.74) is 7.09. The van der Waals surface area contributed by atoms with Gasteiger partial charge in [0.05, 0.1) is 0 Å². The SMILES string of the molecule is Cc1cc(N2CCN(C(=O)C(C)(N)c3ccccc3)CC2)n2ncnc2n1. The maximum absolute atomic E-state index is 13.0. The van der Waals surface area contributed by atoms with E-state index in [-0.39, 0.29) is 5.91 Å². The first-order chi connectivity index (χ1) is 13.0. The molecule has 1 fully saturated rings. The van der Waals surface area contributed by atoms with Crippen molar-refractivity contribution in [1.29, 1.82) is 0 Å². The monoisotopic (exact) mass is 365 g/mol. The van der Waals surface area contributed by atoms with Crippen LogP contribution < -0.4 is 10.6 Å². The number of fused-ring (bicyclic) bond motifs is 1. The maximum atomic E-state index is 13.0. The van der Waals surface area contributed by atoms with E-state index in [1.54, 1.807) is 11.4 Å². The number of amides is 1. The number of nitrogens with zero attached hydrogens (tertiary/aromatic N) is 6. The van der Waals surface area contributed by atoms with Crippen LogP contribution in [0.25, 0.3) is 5.78 Å². The molecule has 1 aliphatic rings. The molecule has 2 N–H and O–H groups in total. The number of piperazine rings is 1. The molecule has 1 amide bonds. The first-order valence-electron chi connectivity index (χ1n) is 9.03. The van der Waals surface area contributed by atoms with Crippen LogP contribution in [0.3, 0.4) is 0 Å². The van der Waals surface area contributed by atoms with Gasteiger partial charge < -0.3 is 15.5 Å². The van der Waals surface area contributed by atoms with E-state index in [2.05, 4.69) is 20.0 Å². The van der Waals surface area contributed by atoms with E-state index in [0.717, 1.165) is 17.1 Å². The Hall–Kier alpha value is -3.00. The quantitative estimate of drug-likeness (QED) is 0.743. The number of nitrogens with two attached hydrogens (primary N) is 1. The lowest BCUT2D eigenvalue weighted by Gasteiger charge is -2.39. The number of carbonyl (C=O) groups is 1. The molecular formula is C19H23N7O. The number of rotatable bonds is 3. The Morgan fingerprint density at radius 1 is 1.15 bits per heavy atom. The van der Waals surface area contributed by atoms with E-state index in [0.29, 0.717) is 32.0 Å². The van der Waals surface area contributed by atoms with Crippen LogP contribution in [-0.4, -0.2) is 56.6 Å². The molecule has 1 atom stereocenters. The van der Waals surface area contributed by atoms with E-state index < -0.39 is 5.54 Å².